The highest BCUT2D eigenvalue weighted by molar-refractivity contribution is 5.73. The first-order valence-electron chi connectivity index (χ1n) is 9.46. The molecule has 0 radical (unpaired) electrons. The summed E-state index contributed by atoms with van der Waals surface area (Å²) in [6.45, 7) is 0. The molecule has 0 fully saturated rings. The highest BCUT2D eigenvalue weighted by Gasteiger charge is 2.14. The summed E-state index contributed by atoms with van der Waals surface area (Å²) in [5.74, 6) is 0. The van der Waals surface area contributed by atoms with Gasteiger partial charge in [0.15, 0.2) is 0 Å². The summed E-state index contributed by atoms with van der Waals surface area (Å²) in [5, 5.41) is 4.80. The van der Waals surface area contributed by atoms with Crippen molar-refractivity contribution in [1.82, 2.24) is 19.7 Å². The van der Waals surface area contributed by atoms with Crippen molar-refractivity contribution in [1.29, 1.82) is 0 Å². The van der Waals surface area contributed by atoms with Gasteiger partial charge in [-0.1, -0.05) is 60.7 Å². The zero-order valence-electron chi connectivity index (χ0n) is 15.6. The van der Waals surface area contributed by atoms with Crippen molar-refractivity contribution < 1.29 is 0 Å². The van der Waals surface area contributed by atoms with Gasteiger partial charge in [0, 0.05) is 12.0 Å². The van der Waals surface area contributed by atoms with Crippen LogP contribution in [0, 0.1) is 0 Å². The van der Waals surface area contributed by atoms with E-state index >= 15 is 0 Å². The van der Waals surface area contributed by atoms with Crippen LogP contribution in [0.4, 0.5) is 0 Å². The number of hydrogen-bond acceptors (Lipinski definition) is 3. The summed E-state index contributed by atoms with van der Waals surface area (Å²) < 4.78 is 1.92. The third-order valence-electron chi connectivity index (χ3n) is 4.85. The topological polar surface area (TPSA) is 63.6 Å². The summed E-state index contributed by atoms with van der Waals surface area (Å²) in [6, 6.07) is 29.7. The van der Waals surface area contributed by atoms with Crippen LogP contribution in [0.25, 0.3) is 28.0 Å². The van der Waals surface area contributed by atoms with Crippen molar-refractivity contribution in [2.24, 2.45) is 0 Å². The van der Waals surface area contributed by atoms with Gasteiger partial charge in [-0.2, -0.15) is 5.10 Å². The lowest BCUT2D eigenvalue weighted by Gasteiger charge is -2.07. The third-order valence-corrected chi connectivity index (χ3v) is 4.85. The predicted octanol–water partition coefficient (Wildman–Crippen LogP) is 4.37. The number of fused-ring (bicyclic) bond motifs is 1. The van der Waals surface area contributed by atoms with Gasteiger partial charge >= 0.3 is 0 Å². The Bertz CT molecular complexity index is 1280. The molecular formula is C24H18N4O. The molecule has 0 bridgehead atoms. The molecule has 0 unspecified atom stereocenters. The van der Waals surface area contributed by atoms with E-state index in [9.17, 15) is 4.79 Å². The predicted molar refractivity (Wildman–Crippen MR) is 114 cm³/mol. The van der Waals surface area contributed by atoms with Crippen LogP contribution >= 0.6 is 0 Å². The summed E-state index contributed by atoms with van der Waals surface area (Å²) >= 11 is 0. The summed E-state index contributed by atoms with van der Waals surface area (Å²) in [6.07, 6.45) is 0.361. The molecule has 3 aromatic carbocycles. The molecule has 2 heterocycles. The molecule has 0 aliphatic rings. The van der Waals surface area contributed by atoms with E-state index < -0.39 is 0 Å². The minimum absolute atomic E-state index is 0.181. The Morgan fingerprint density at radius 3 is 2.31 bits per heavy atom. The van der Waals surface area contributed by atoms with E-state index in [1.807, 2.05) is 83.5 Å². The Morgan fingerprint density at radius 1 is 0.828 bits per heavy atom. The van der Waals surface area contributed by atoms with E-state index in [0.717, 1.165) is 33.7 Å². The molecule has 0 aliphatic heterocycles. The van der Waals surface area contributed by atoms with Crippen molar-refractivity contribution in [3.8, 4) is 16.9 Å². The average molecular weight is 378 g/mol. The van der Waals surface area contributed by atoms with Crippen LogP contribution in [0.15, 0.2) is 95.8 Å². The molecule has 5 heteroatoms. The second-order valence-corrected chi connectivity index (χ2v) is 6.84. The lowest BCUT2D eigenvalue weighted by molar-refractivity contribution is 0.845. The molecule has 140 valence electrons. The first kappa shape index (κ1) is 17.1. The molecule has 5 aromatic rings. The molecule has 0 spiro atoms. The second kappa shape index (κ2) is 7.20. The van der Waals surface area contributed by atoms with E-state index in [-0.39, 0.29) is 5.56 Å². The van der Waals surface area contributed by atoms with Crippen LogP contribution in [0.5, 0.6) is 0 Å². The van der Waals surface area contributed by atoms with Gasteiger partial charge in [0.1, 0.15) is 5.69 Å². The van der Waals surface area contributed by atoms with Gasteiger partial charge in [0.2, 0.25) is 0 Å². The maximum absolute atomic E-state index is 12.5. The van der Waals surface area contributed by atoms with Crippen molar-refractivity contribution in [2.75, 3.05) is 0 Å². The van der Waals surface area contributed by atoms with Gasteiger partial charge in [-0.15, -0.1) is 0 Å². The monoisotopic (exact) mass is 378 g/mol. The Morgan fingerprint density at radius 2 is 1.52 bits per heavy atom. The van der Waals surface area contributed by atoms with Gasteiger partial charge in [0.25, 0.3) is 5.56 Å². The van der Waals surface area contributed by atoms with Crippen LogP contribution in [0.3, 0.4) is 0 Å². The normalized spacial score (nSPS) is 11.0. The highest BCUT2D eigenvalue weighted by atomic mass is 16.1. The molecule has 5 rings (SSSR count). The fraction of sp³-hybridized carbons (Fsp3) is 0.0417. The molecule has 0 saturated carbocycles. The maximum atomic E-state index is 12.5. The average Bonchev–Trinajstić information content (AvgIpc) is 3.19. The van der Waals surface area contributed by atoms with Crippen molar-refractivity contribution in [3.63, 3.8) is 0 Å². The Labute approximate surface area is 167 Å². The van der Waals surface area contributed by atoms with Crippen molar-refractivity contribution >= 4 is 11.0 Å². The van der Waals surface area contributed by atoms with E-state index in [2.05, 4.69) is 22.1 Å². The van der Waals surface area contributed by atoms with Gasteiger partial charge in [-0.05, 0) is 30.3 Å². The molecule has 0 aliphatic carbocycles. The maximum Gasteiger partial charge on any atom is 0.270 e. The van der Waals surface area contributed by atoms with Crippen LogP contribution < -0.4 is 5.56 Å². The Balaban J connectivity index is 1.61. The van der Waals surface area contributed by atoms with Gasteiger partial charge < -0.3 is 4.98 Å². The van der Waals surface area contributed by atoms with Gasteiger partial charge in [-0.25, -0.2) is 9.67 Å². The van der Waals surface area contributed by atoms with Crippen molar-refractivity contribution in [3.05, 3.63) is 113 Å². The number of nitrogens with zero attached hydrogens (tertiary/aromatic N) is 3. The molecule has 0 atom stereocenters. The van der Waals surface area contributed by atoms with E-state index in [0.29, 0.717) is 12.1 Å². The Kier molecular flexibility index (Phi) is 4.26. The number of para-hydroxylation sites is 3. The fourth-order valence-electron chi connectivity index (χ4n) is 3.46. The lowest BCUT2D eigenvalue weighted by atomic mass is 10.1. The van der Waals surface area contributed by atoms with Crippen LogP contribution in [0.1, 0.15) is 11.4 Å². The number of nitrogens with one attached hydrogen (secondary N) is 1. The fourth-order valence-corrected chi connectivity index (χ4v) is 3.46. The summed E-state index contributed by atoms with van der Waals surface area (Å²) in [4.78, 5) is 20.0. The number of H-pyrrole nitrogens is 1. The minimum Gasteiger partial charge on any atom is -0.319 e. The summed E-state index contributed by atoms with van der Waals surface area (Å²) in [7, 11) is 0. The molecule has 0 saturated heterocycles. The number of aromatic amines is 1. The van der Waals surface area contributed by atoms with Crippen molar-refractivity contribution in [2.45, 2.75) is 6.42 Å². The SMILES string of the molecule is O=c1[nH]c2ccccc2nc1Cc1cc(-c2ccccc2)n(-c2ccccc2)n1. The van der Waals surface area contributed by atoms with Crippen LogP contribution in [-0.4, -0.2) is 19.7 Å². The molecule has 29 heavy (non-hydrogen) atoms. The molecule has 0 amide bonds. The number of aromatic nitrogens is 4. The van der Waals surface area contributed by atoms with Gasteiger partial charge in [-0.3, -0.25) is 4.79 Å². The molecule has 1 N–H and O–H groups in total. The van der Waals surface area contributed by atoms with E-state index in [4.69, 9.17) is 5.10 Å². The molecule has 5 nitrogen and oxygen atoms in total. The van der Waals surface area contributed by atoms with Gasteiger partial charge in [0.05, 0.1) is 28.1 Å². The minimum atomic E-state index is -0.181. The smallest absolute Gasteiger partial charge is 0.270 e. The standard InChI is InChI=1S/C24H18N4O/c29-24-22(25-20-13-7-8-14-21(20)26-24)15-18-16-23(17-9-3-1-4-10-17)28(27-18)19-11-5-2-6-12-19/h1-14,16H,15H2,(H,26,29). The third kappa shape index (κ3) is 3.34. The largest absolute Gasteiger partial charge is 0.319 e. The lowest BCUT2D eigenvalue weighted by Crippen LogP contribution is -2.15. The second-order valence-electron chi connectivity index (χ2n) is 6.84. The number of rotatable bonds is 4. The summed E-state index contributed by atoms with van der Waals surface area (Å²) in [5.41, 5.74) is 5.59. The number of hydrogen-bond donors (Lipinski definition) is 1. The quantitative estimate of drug-likeness (QED) is 0.505. The Hall–Kier alpha value is -3.99. The highest BCUT2D eigenvalue weighted by Crippen LogP contribution is 2.24. The van der Waals surface area contributed by atoms with Crippen LogP contribution in [0.2, 0.25) is 0 Å². The van der Waals surface area contributed by atoms with E-state index in [1.165, 1.54) is 0 Å². The first-order valence-corrected chi connectivity index (χ1v) is 9.46. The van der Waals surface area contributed by atoms with E-state index in [1.54, 1.807) is 0 Å². The first-order chi connectivity index (χ1) is 14.3. The van der Waals surface area contributed by atoms with Crippen LogP contribution in [-0.2, 0) is 6.42 Å². The molecule has 2 aromatic heterocycles. The zero-order valence-corrected chi connectivity index (χ0v) is 15.6. The number of benzene rings is 3. The zero-order chi connectivity index (χ0) is 19.6. The molecular weight excluding hydrogens is 360 g/mol.